The first-order chi connectivity index (χ1) is 21.4. The summed E-state index contributed by atoms with van der Waals surface area (Å²) in [5.41, 5.74) is 4.64. The van der Waals surface area contributed by atoms with Gasteiger partial charge in [-0.15, -0.1) is 0 Å². The van der Waals surface area contributed by atoms with E-state index in [1.54, 1.807) is 21.7 Å². The predicted molar refractivity (Wildman–Crippen MR) is 169 cm³/mol. The topological polar surface area (TPSA) is 99.3 Å². The second kappa shape index (κ2) is 14.7. The molecule has 2 atom stereocenters. The first kappa shape index (κ1) is 31.5. The van der Waals surface area contributed by atoms with Gasteiger partial charge in [-0.3, -0.25) is 19.3 Å². The highest BCUT2D eigenvalue weighted by Crippen LogP contribution is 2.44. The number of benzene rings is 2. The first-order valence-corrected chi connectivity index (χ1v) is 16.3. The number of rotatable bonds is 12. The van der Waals surface area contributed by atoms with E-state index in [2.05, 4.69) is 29.6 Å². The molecular formula is C35H46N4O5. The number of nitrogens with zero attached hydrogens (tertiary/aromatic N) is 3. The van der Waals surface area contributed by atoms with Crippen LogP contribution in [-0.2, 0) is 19.1 Å². The largest absolute Gasteiger partial charge is 0.448 e. The minimum absolute atomic E-state index is 0.0440. The summed E-state index contributed by atoms with van der Waals surface area (Å²) in [6.45, 7) is 4.52. The first-order valence-electron chi connectivity index (χ1n) is 16.3. The highest BCUT2D eigenvalue weighted by atomic mass is 16.6. The Labute approximate surface area is 260 Å². The number of hydrogen-bond acceptors (Lipinski definition) is 5. The maximum atomic E-state index is 13.8. The summed E-state index contributed by atoms with van der Waals surface area (Å²) in [5, 5.41) is 2.89. The lowest BCUT2D eigenvalue weighted by atomic mass is 9.98. The predicted octanol–water partition coefficient (Wildman–Crippen LogP) is 4.94. The van der Waals surface area contributed by atoms with Crippen LogP contribution < -0.4 is 5.32 Å². The van der Waals surface area contributed by atoms with Gasteiger partial charge in [0, 0.05) is 45.6 Å². The third-order valence-corrected chi connectivity index (χ3v) is 9.28. The molecule has 1 N–H and O–H groups in total. The van der Waals surface area contributed by atoms with Gasteiger partial charge in [0.05, 0.1) is 0 Å². The van der Waals surface area contributed by atoms with Gasteiger partial charge in [0.2, 0.25) is 17.7 Å². The van der Waals surface area contributed by atoms with Crippen molar-refractivity contribution in [2.75, 3.05) is 39.8 Å². The van der Waals surface area contributed by atoms with Gasteiger partial charge in [0.15, 0.2) is 0 Å². The average Bonchev–Trinajstić information content (AvgIpc) is 3.80. The number of fused-ring (bicyclic) bond motifs is 3. The van der Waals surface area contributed by atoms with Crippen LogP contribution in [0, 0.1) is 0 Å². The van der Waals surface area contributed by atoms with E-state index in [0.29, 0.717) is 45.4 Å². The van der Waals surface area contributed by atoms with Gasteiger partial charge < -0.3 is 19.9 Å². The van der Waals surface area contributed by atoms with Crippen molar-refractivity contribution in [2.45, 2.75) is 82.7 Å². The minimum atomic E-state index is -0.608. The number of likely N-dealkylation sites (tertiary alicyclic amines) is 2. The van der Waals surface area contributed by atoms with E-state index >= 15 is 0 Å². The molecule has 2 aromatic rings. The molecule has 5 rings (SSSR count). The number of hydrogen-bond donors (Lipinski definition) is 1. The normalized spacial score (nSPS) is 19.0. The smallest absolute Gasteiger partial charge is 0.410 e. The van der Waals surface area contributed by atoms with E-state index in [0.717, 1.165) is 49.7 Å². The molecule has 3 aliphatic rings. The average molecular weight is 603 g/mol. The maximum Gasteiger partial charge on any atom is 0.410 e. The van der Waals surface area contributed by atoms with E-state index in [-0.39, 0.29) is 30.2 Å². The van der Waals surface area contributed by atoms with E-state index in [1.165, 1.54) is 11.1 Å². The number of unbranched alkanes of at least 4 members (excludes halogenated alkanes) is 2. The van der Waals surface area contributed by atoms with Gasteiger partial charge in [-0.2, -0.15) is 0 Å². The monoisotopic (exact) mass is 602 g/mol. The van der Waals surface area contributed by atoms with E-state index < -0.39 is 18.2 Å². The van der Waals surface area contributed by atoms with Crippen LogP contribution in [0.1, 0.15) is 81.8 Å². The van der Waals surface area contributed by atoms with Crippen LogP contribution in [0.3, 0.4) is 0 Å². The highest BCUT2D eigenvalue weighted by Gasteiger charge is 2.43. The van der Waals surface area contributed by atoms with Gasteiger partial charge in [-0.1, -0.05) is 61.9 Å². The second-order valence-corrected chi connectivity index (χ2v) is 12.3. The second-order valence-electron chi connectivity index (χ2n) is 12.3. The number of carbonyl (C=O) groups excluding carboxylic acids is 4. The summed E-state index contributed by atoms with van der Waals surface area (Å²) < 4.78 is 5.89. The van der Waals surface area contributed by atoms with E-state index in [1.807, 2.05) is 31.2 Å². The molecule has 0 spiro atoms. The molecule has 236 valence electrons. The molecule has 2 fully saturated rings. The van der Waals surface area contributed by atoms with Crippen molar-refractivity contribution < 1.29 is 23.9 Å². The summed E-state index contributed by atoms with van der Waals surface area (Å²) in [5.74, 6) is -0.173. The van der Waals surface area contributed by atoms with Crippen molar-refractivity contribution in [3.05, 3.63) is 59.7 Å². The Kier molecular flexibility index (Phi) is 10.6. The molecule has 0 bridgehead atoms. The van der Waals surface area contributed by atoms with Gasteiger partial charge in [0.25, 0.3) is 0 Å². The van der Waals surface area contributed by atoms with Crippen molar-refractivity contribution >= 4 is 23.8 Å². The third-order valence-electron chi connectivity index (χ3n) is 9.28. The van der Waals surface area contributed by atoms with Crippen molar-refractivity contribution in [3.8, 4) is 11.1 Å². The molecule has 0 aromatic heterocycles. The third kappa shape index (κ3) is 6.92. The molecule has 0 unspecified atom stereocenters. The quantitative estimate of drug-likeness (QED) is 0.347. The van der Waals surface area contributed by atoms with Gasteiger partial charge in [-0.05, 0) is 67.2 Å². The Morgan fingerprint density at radius 3 is 2.18 bits per heavy atom. The number of carbonyl (C=O) groups is 4. The fraction of sp³-hybridized carbons (Fsp3) is 0.543. The molecule has 2 aliphatic heterocycles. The Morgan fingerprint density at radius 2 is 1.50 bits per heavy atom. The van der Waals surface area contributed by atoms with Crippen LogP contribution in [0.2, 0.25) is 0 Å². The molecular weight excluding hydrogens is 556 g/mol. The zero-order valence-corrected chi connectivity index (χ0v) is 26.1. The van der Waals surface area contributed by atoms with E-state index in [9.17, 15) is 19.2 Å². The Bertz CT molecular complexity index is 1300. The Balaban J connectivity index is 1.13. The molecule has 0 saturated carbocycles. The summed E-state index contributed by atoms with van der Waals surface area (Å²) in [4.78, 5) is 57.3. The van der Waals surface area contributed by atoms with Crippen LogP contribution >= 0.6 is 0 Å². The van der Waals surface area contributed by atoms with Gasteiger partial charge >= 0.3 is 6.09 Å². The lowest BCUT2D eigenvalue weighted by molar-refractivity contribution is -0.145. The molecule has 0 radical (unpaired) electrons. The lowest BCUT2D eigenvalue weighted by Gasteiger charge is -2.32. The zero-order valence-electron chi connectivity index (χ0n) is 26.1. The number of ether oxygens (including phenoxy) is 1. The summed E-state index contributed by atoms with van der Waals surface area (Å²) >= 11 is 0. The molecule has 2 saturated heterocycles. The molecule has 2 aromatic carbocycles. The number of nitrogens with one attached hydrogen (secondary N) is 1. The van der Waals surface area contributed by atoms with Crippen molar-refractivity contribution in [3.63, 3.8) is 0 Å². The Hall–Kier alpha value is -3.88. The summed E-state index contributed by atoms with van der Waals surface area (Å²) in [7, 11) is 1.79. The maximum absolute atomic E-state index is 13.8. The SMILES string of the molecule is CCCNC(=O)CCCCCN(C)C(=O)[C@@H]1CCCN1C(=O)[C@@H]1CCCN1C(=O)OCC1c2ccccc2-c2ccccc21. The fourth-order valence-corrected chi connectivity index (χ4v) is 6.93. The number of likely N-dealkylation sites (N-methyl/N-ethyl adjacent to an activating group) is 1. The standard InChI is InChI=1S/C35H46N4O5/c1-3-20-36-32(40)19-5-4-10-21-37(2)33(41)30-17-11-22-38(30)34(42)31-18-12-23-39(31)35(43)44-24-29-27-15-8-6-13-25(27)26-14-7-9-16-28(26)29/h6-9,13-16,29-31H,3-5,10-12,17-24H2,1-2H3,(H,36,40)/t30-,31-/m0/s1. The van der Waals surface area contributed by atoms with E-state index in [4.69, 9.17) is 4.74 Å². The van der Waals surface area contributed by atoms with Crippen LogP contribution in [0.15, 0.2) is 48.5 Å². The fourth-order valence-electron chi connectivity index (χ4n) is 6.93. The molecule has 9 heteroatoms. The highest BCUT2D eigenvalue weighted by molar-refractivity contribution is 5.92. The van der Waals surface area contributed by atoms with Crippen LogP contribution in [0.25, 0.3) is 11.1 Å². The molecule has 9 nitrogen and oxygen atoms in total. The molecule has 4 amide bonds. The number of amides is 4. The van der Waals surface area contributed by atoms with Crippen molar-refractivity contribution in [1.29, 1.82) is 0 Å². The van der Waals surface area contributed by atoms with Gasteiger partial charge in [0.1, 0.15) is 18.7 Å². The van der Waals surface area contributed by atoms with Gasteiger partial charge in [-0.25, -0.2) is 4.79 Å². The molecule has 44 heavy (non-hydrogen) atoms. The van der Waals surface area contributed by atoms with Crippen molar-refractivity contribution in [2.24, 2.45) is 0 Å². The minimum Gasteiger partial charge on any atom is -0.448 e. The summed E-state index contributed by atoms with van der Waals surface area (Å²) in [6.07, 6.45) is 6.11. The van der Waals surface area contributed by atoms with Crippen molar-refractivity contribution in [1.82, 2.24) is 20.0 Å². The summed E-state index contributed by atoms with van der Waals surface area (Å²) in [6, 6.07) is 15.3. The lowest BCUT2D eigenvalue weighted by Crippen LogP contribution is -2.53. The molecule has 1 aliphatic carbocycles. The Morgan fingerprint density at radius 1 is 0.864 bits per heavy atom. The van der Waals surface area contributed by atoms with Crippen LogP contribution in [-0.4, -0.2) is 90.4 Å². The van der Waals surface area contributed by atoms with Crippen LogP contribution in [0.5, 0.6) is 0 Å². The van der Waals surface area contributed by atoms with Crippen LogP contribution in [0.4, 0.5) is 4.79 Å². The zero-order chi connectivity index (χ0) is 31.1. The molecule has 2 heterocycles.